The molecule has 3 nitrogen and oxygen atoms in total. The molecule has 0 aliphatic carbocycles. The molecule has 1 aromatic heterocycles. The maximum Gasteiger partial charge on any atom is 0.124 e. The van der Waals surface area contributed by atoms with Gasteiger partial charge in [0.2, 0.25) is 0 Å². The molecule has 0 atom stereocenters. The zero-order valence-electron chi connectivity index (χ0n) is 12.5. The van der Waals surface area contributed by atoms with E-state index in [1.807, 2.05) is 0 Å². The number of rotatable bonds is 7. The Kier molecular flexibility index (Phi) is 5.44. The fourth-order valence-electron chi connectivity index (χ4n) is 2.22. The van der Waals surface area contributed by atoms with Gasteiger partial charge < -0.3 is 9.30 Å². The van der Waals surface area contributed by atoms with E-state index in [0.29, 0.717) is 18.4 Å². The quantitative estimate of drug-likeness (QED) is 0.567. The van der Waals surface area contributed by atoms with Crippen LogP contribution >= 0.6 is 11.6 Å². The van der Waals surface area contributed by atoms with Gasteiger partial charge in [-0.1, -0.05) is 19.9 Å². The van der Waals surface area contributed by atoms with Crippen molar-refractivity contribution in [2.45, 2.75) is 39.6 Å². The molecule has 2 aromatic rings. The molecule has 110 valence electrons. The lowest BCUT2D eigenvalue weighted by molar-refractivity contribution is 0.116. The molecule has 0 spiro atoms. The van der Waals surface area contributed by atoms with Crippen LogP contribution in [-0.2, 0) is 17.2 Å². The van der Waals surface area contributed by atoms with Crippen molar-refractivity contribution in [2.24, 2.45) is 5.92 Å². The normalized spacial score (nSPS) is 11.7. The average Bonchev–Trinajstić information content (AvgIpc) is 2.75. The van der Waals surface area contributed by atoms with E-state index in [1.165, 1.54) is 5.56 Å². The number of ether oxygens (including phenoxy) is 1. The molecule has 20 heavy (non-hydrogen) atoms. The van der Waals surface area contributed by atoms with Gasteiger partial charge in [-0.3, -0.25) is 0 Å². The van der Waals surface area contributed by atoms with Crippen LogP contribution < -0.4 is 0 Å². The van der Waals surface area contributed by atoms with Crippen molar-refractivity contribution >= 4 is 22.6 Å². The Morgan fingerprint density at radius 1 is 1.30 bits per heavy atom. The number of aromatic nitrogens is 2. The number of hydrogen-bond acceptors (Lipinski definition) is 2. The second-order valence-corrected chi connectivity index (χ2v) is 5.87. The highest BCUT2D eigenvalue weighted by Crippen LogP contribution is 2.19. The lowest BCUT2D eigenvalue weighted by atomic mass is 10.1. The van der Waals surface area contributed by atoms with Crippen LogP contribution in [-0.4, -0.2) is 22.8 Å². The summed E-state index contributed by atoms with van der Waals surface area (Å²) >= 11 is 6.00. The Bertz CT molecular complexity index is 563. The number of fused-ring (bicyclic) bond motifs is 1. The fraction of sp³-hybridized carbons (Fsp3) is 0.562. The van der Waals surface area contributed by atoms with E-state index in [2.05, 4.69) is 48.5 Å². The third-order valence-electron chi connectivity index (χ3n) is 3.40. The molecule has 0 radical (unpaired) electrons. The number of hydrogen-bond donors (Lipinski definition) is 0. The first kappa shape index (κ1) is 15.3. The van der Waals surface area contributed by atoms with Crippen molar-refractivity contribution in [3.8, 4) is 0 Å². The molecule has 0 saturated heterocycles. The molecule has 0 amide bonds. The third-order valence-corrected chi connectivity index (χ3v) is 3.64. The van der Waals surface area contributed by atoms with Gasteiger partial charge in [-0.2, -0.15) is 0 Å². The van der Waals surface area contributed by atoms with E-state index in [9.17, 15) is 0 Å². The summed E-state index contributed by atoms with van der Waals surface area (Å²) in [5, 5.41) is 0. The van der Waals surface area contributed by atoms with Gasteiger partial charge in [-0.05, 0) is 37.0 Å². The summed E-state index contributed by atoms with van der Waals surface area (Å²) in [6.45, 7) is 8.82. The van der Waals surface area contributed by atoms with E-state index >= 15 is 0 Å². The molecule has 1 aromatic carbocycles. The molecule has 1 heterocycles. The molecule has 0 aliphatic heterocycles. The molecule has 0 bridgehead atoms. The first-order valence-electron chi connectivity index (χ1n) is 7.21. The SMILES string of the molecule is Cc1ccc2c(c1)nc(CCl)n2CCOCCC(C)C. The van der Waals surface area contributed by atoms with Gasteiger partial charge in [0.25, 0.3) is 0 Å². The van der Waals surface area contributed by atoms with Crippen molar-refractivity contribution in [1.29, 1.82) is 0 Å². The Balaban J connectivity index is 2.04. The van der Waals surface area contributed by atoms with E-state index in [1.54, 1.807) is 0 Å². The van der Waals surface area contributed by atoms with E-state index < -0.39 is 0 Å². The molecule has 0 saturated carbocycles. The second kappa shape index (κ2) is 7.09. The van der Waals surface area contributed by atoms with Gasteiger partial charge in [0.1, 0.15) is 5.82 Å². The zero-order chi connectivity index (χ0) is 14.5. The summed E-state index contributed by atoms with van der Waals surface area (Å²) in [6, 6.07) is 6.32. The van der Waals surface area contributed by atoms with Crippen LogP contribution in [0.25, 0.3) is 11.0 Å². The molecule has 0 N–H and O–H groups in total. The highest BCUT2D eigenvalue weighted by molar-refractivity contribution is 6.16. The number of aryl methyl sites for hydroxylation is 1. The molecule has 0 unspecified atom stereocenters. The smallest absolute Gasteiger partial charge is 0.124 e. The number of halogens is 1. The summed E-state index contributed by atoms with van der Waals surface area (Å²) in [7, 11) is 0. The van der Waals surface area contributed by atoms with Crippen LogP contribution in [0.2, 0.25) is 0 Å². The van der Waals surface area contributed by atoms with Crippen LogP contribution in [0, 0.1) is 12.8 Å². The lowest BCUT2D eigenvalue weighted by Gasteiger charge is -2.09. The van der Waals surface area contributed by atoms with E-state index in [0.717, 1.165) is 36.4 Å². The zero-order valence-corrected chi connectivity index (χ0v) is 13.3. The summed E-state index contributed by atoms with van der Waals surface area (Å²) in [5.74, 6) is 2.03. The average molecular weight is 295 g/mol. The first-order chi connectivity index (χ1) is 9.61. The van der Waals surface area contributed by atoms with Crippen molar-refractivity contribution in [2.75, 3.05) is 13.2 Å². The van der Waals surface area contributed by atoms with Crippen molar-refractivity contribution in [3.05, 3.63) is 29.6 Å². The molecule has 4 heteroatoms. The summed E-state index contributed by atoms with van der Waals surface area (Å²) < 4.78 is 7.86. The summed E-state index contributed by atoms with van der Waals surface area (Å²) in [5.41, 5.74) is 3.37. The highest BCUT2D eigenvalue weighted by atomic mass is 35.5. The predicted molar refractivity (Wildman–Crippen MR) is 84.3 cm³/mol. The standard InChI is InChI=1S/C16H23ClN2O/c1-12(2)6-8-20-9-7-19-15-5-4-13(3)10-14(15)18-16(19)11-17/h4-5,10,12H,6-9,11H2,1-3H3. The van der Waals surface area contributed by atoms with Gasteiger partial charge in [0.05, 0.1) is 23.5 Å². The summed E-state index contributed by atoms with van der Waals surface area (Å²) in [4.78, 5) is 4.59. The van der Waals surface area contributed by atoms with Gasteiger partial charge in [0, 0.05) is 13.2 Å². The van der Waals surface area contributed by atoms with E-state index in [-0.39, 0.29) is 0 Å². The lowest BCUT2D eigenvalue weighted by Crippen LogP contribution is -2.10. The minimum absolute atomic E-state index is 0.430. The Hall–Kier alpha value is -1.06. The Morgan fingerprint density at radius 2 is 2.10 bits per heavy atom. The molecule has 2 rings (SSSR count). The van der Waals surface area contributed by atoms with Gasteiger partial charge >= 0.3 is 0 Å². The molecule has 0 fully saturated rings. The Morgan fingerprint density at radius 3 is 2.80 bits per heavy atom. The van der Waals surface area contributed by atoms with Crippen LogP contribution in [0.1, 0.15) is 31.7 Å². The Labute approximate surface area is 125 Å². The molecular formula is C16H23ClN2O. The van der Waals surface area contributed by atoms with Crippen LogP contribution in [0.3, 0.4) is 0 Å². The number of imidazole rings is 1. The monoisotopic (exact) mass is 294 g/mol. The molecule has 0 aliphatic rings. The summed E-state index contributed by atoms with van der Waals surface area (Å²) in [6.07, 6.45) is 1.10. The number of alkyl halides is 1. The van der Waals surface area contributed by atoms with Gasteiger partial charge in [-0.15, -0.1) is 11.6 Å². The second-order valence-electron chi connectivity index (χ2n) is 5.60. The molecular weight excluding hydrogens is 272 g/mol. The van der Waals surface area contributed by atoms with E-state index in [4.69, 9.17) is 16.3 Å². The minimum Gasteiger partial charge on any atom is -0.380 e. The van der Waals surface area contributed by atoms with Crippen LogP contribution in [0.4, 0.5) is 0 Å². The maximum atomic E-state index is 6.00. The topological polar surface area (TPSA) is 27.1 Å². The van der Waals surface area contributed by atoms with Crippen molar-refractivity contribution < 1.29 is 4.74 Å². The number of benzene rings is 1. The minimum atomic E-state index is 0.430. The van der Waals surface area contributed by atoms with Gasteiger partial charge in [-0.25, -0.2) is 4.98 Å². The first-order valence-corrected chi connectivity index (χ1v) is 7.74. The number of nitrogens with zero attached hydrogens (tertiary/aromatic N) is 2. The third kappa shape index (κ3) is 3.74. The van der Waals surface area contributed by atoms with Gasteiger partial charge in [0.15, 0.2) is 0 Å². The van der Waals surface area contributed by atoms with Crippen molar-refractivity contribution in [3.63, 3.8) is 0 Å². The highest BCUT2D eigenvalue weighted by Gasteiger charge is 2.09. The largest absolute Gasteiger partial charge is 0.380 e. The van der Waals surface area contributed by atoms with Crippen LogP contribution in [0.15, 0.2) is 18.2 Å². The maximum absolute atomic E-state index is 6.00. The fourth-order valence-corrected chi connectivity index (χ4v) is 2.42. The van der Waals surface area contributed by atoms with Crippen molar-refractivity contribution in [1.82, 2.24) is 9.55 Å². The van der Waals surface area contributed by atoms with Crippen LogP contribution in [0.5, 0.6) is 0 Å². The predicted octanol–water partition coefficient (Wildman–Crippen LogP) is 4.15.